The molecule has 0 aliphatic carbocycles. The molecule has 18 nitrogen and oxygen atoms in total. The maximum absolute atomic E-state index is 14.2. The van der Waals surface area contributed by atoms with E-state index in [2.05, 4.69) is 65.2 Å². The van der Waals surface area contributed by atoms with Crippen molar-refractivity contribution < 1.29 is 58.5 Å². The number of hydrogen-bond acceptors (Lipinski definition) is 11. The first-order valence-electron chi connectivity index (χ1n) is 32.2. The number of aryl methyl sites for hydroxylation is 1. The SMILES string of the molecule is O=C(O)CCC(=O)N1CCCCN(C(=O)CCC(=O)O)c2ccc(cc2)Cc2ccc(cc2)N(C(=O)CCC(=O)NCCSSCCNC(=O)CCCc2ccc3ccc4cccc5ccc2c3c45)CCCCN(C(=O)CCC(=O)O)c2ccc(cc2)Cc2ccc1cc2. The molecule has 490 valence electrons. The molecule has 0 saturated carbocycles. The van der Waals surface area contributed by atoms with Gasteiger partial charge in [0.05, 0.1) is 19.3 Å². The number of nitrogens with zero attached hydrogens (tertiary/aromatic N) is 4. The Morgan fingerprint density at radius 2 is 0.691 bits per heavy atom. The van der Waals surface area contributed by atoms with Crippen LogP contribution in [0.4, 0.5) is 22.7 Å². The van der Waals surface area contributed by atoms with Crippen LogP contribution >= 0.6 is 21.6 Å². The highest BCUT2D eigenvalue weighted by Gasteiger charge is 2.23. The molecular weight excluding hydrogens is 1230 g/mol. The highest BCUT2D eigenvalue weighted by Crippen LogP contribution is 2.37. The lowest BCUT2D eigenvalue weighted by molar-refractivity contribution is -0.139. The van der Waals surface area contributed by atoms with Gasteiger partial charge < -0.3 is 45.6 Å². The van der Waals surface area contributed by atoms with Crippen LogP contribution in [0.2, 0.25) is 0 Å². The lowest BCUT2D eigenvalue weighted by Gasteiger charge is -2.26. The molecular formula is C74H80N6O12S2. The standard InChI is InChI=1S/C74H80N6O12S2/c81-64(10-6-7-55-19-20-58-22-21-56-8-5-9-57-23-32-63(55)74(58)73(56)57)75-41-47-93-94-48-42-76-65(82)33-34-66(83)77-43-1-2-44-78(67(84)35-38-70(87)88)60-26-15-53(16-27-60)50-54-17-30-62(31-18-54)80(69(86)37-40-72(91)92)46-4-3-45-79(68(85)36-39-71(89)90)61-28-13-52(14-29-61)49-51-11-24-59(77)25-12-51/h5,8-9,11-32H,1-4,6-7,10,33-50H2,(H,75,81)(H,76,82)(H,87,88)(H,89,90)(H,91,92). The fraction of sp³-hybridized carbons (Fsp3) is 0.338. The lowest BCUT2D eigenvalue weighted by atomic mass is 9.90. The van der Waals surface area contributed by atoms with Crippen LogP contribution in [0.15, 0.2) is 152 Å². The Morgan fingerprint density at radius 3 is 1.06 bits per heavy atom. The van der Waals surface area contributed by atoms with E-state index in [1.165, 1.54) is 37.9 Å². The minimum atomic E-state index is -1.10. The quantitative estimate of drug-likeness (QED) is 0.0227. The van der Waals surface area contributed by atoms with Gasteiger partial charge in [-0.3, -0.25) is 43.2 Å². The van der Waals surface area contributed by atoms with Crippen LogP contribution in [-0.2, 0) is 62.4 Å². The summed E-state index contributed by atoms with van der Waals surface area (Å²) >= 11 is 0. The largest absolute Gasteiger partial charge is 0.481 e. The molecule has 94 heavy (non-hydrogen) atoms. The molecule has 8 bridgehead atoms. The van der Waals surface area contributed by atoms with Gasteiger partial charge in [-0.15, -0.1) is 0 Å². The maximum atomic E-state index is 14.2. The summed E-state index contributed by atoms with van der Waals surface area (Å²) in [5, 5.41) is 41.8. The average molecular weight is 1310 g/mol. The van der Waals surface area contributed by atoms with Gasteiger partial charge in [-0.2, -0.15) is 0 Å². The number of carbonyl (C=O) groups is 9. The molecule has 20 heteroatoms. The van der Waals surface area contributed by atoms with Gasteiger partial charge >= 0.3 is 17.9 Å². The Labute approximate surface area is 555 Å². The Morgan fingerprint density at radius 1 is 0.362 bits per heavy atom. The Bertz CT molecular complexity index is 3920. The number of carbonyl (C=O) groups excluding carboxylic acids is 6. The summed E-state index contributed by atoms with van der Waals surface area (Å²) in [7, 11) is 3.21. The topological polar surface area (TPSA) is 251 Å². The predicted molar refractivity (Wildman–Crippen MR) is 373 cm³/mol. The van der Waals surface area contributed by atoms with Crippen molar-refractivity contribution in [3.05, 3.63) is 179 Å². The second-order valence-electron chi connectivity index (χ2n) is 23.6. The monoisotopic (exact) mass is 1310 g/mol. The first kappa shape index (κ1) is 69.1. The van der Waals surface area contributed by atoms with E-state index in [1.54, 1.807) is 53.3 Å². The number of amides is 6. The van der Waals surface area contributed by atoms with Gasteiger partial charge in [0.25, 0.3) is 0 Å². The number of nitrogens with one attached hydrogen (secondary N) is 2. The van der Waals surface area contributed by atoms with E-state index in [1.807, 2.05) is 84.9 Å². The molecule has 8 aromatic rings. The lowest BCUT2D eigenvalue weighted by Crippen LogP contribution is -2.35. The fourth-order valence-corrected chi connectivity index (χ4v) is 13.7. The minimum Gasteiger partial charge on any atom is -0.481 e. The van der Waals surface area contributed by atoms with E-state index < -0.39 is 17.9 Å². The van der Waals surface area contributed by atoms with Gasteiger partial charge in [0.1, 0.15) is 0 Å². The molecule has 7 aliphatic rings. The Hall–Kier alpha value is -9.27. The molecule has 0 fully saturated rings. The zero-order valence-corrected chi connectivity index (χ0v) is 54.4. The van der Waals surface area contributed by atoms with E-state index in [9.17, 15) is 58.5 Å². The summed E-state index contributed by atoms with van der Waals surface area (Å²) in [4.78, 5) is 122. The number of hydrogen-bond donors (Lipinski definition) is 5. The zero-order chi connectivity index (χ0) is 66.3. The fourth-order valence-electron chi connectivity index (χ4n) is 11.9. The van der Waals surface area contributed by atoms with Crippen molar-refractivity contribution in [1.82, 2.24) is 10.6 Å². The predicted octanol–water partition coefficient (Wildman–Crippen LogP) is 12.4. The summed E-state index contributed by atoms with van der Waals surface area (Å²) in [6, 6.07) is 49.3. The van der Waals surface area contributed by atoms with Crippen LogP contribution in [0.5, 0.6) is 0 Å². The Balaban J connectivity index is 0.805. The average Bonchev–Trinajstić information content (AvgIpc) is 0.745. The molecule has 0 spiro atoms. The molecule has 15 rings (SSSR count). The summed E-state index contributed by atoms with van der Waals surface area (Å²) in [6.07, 6.45) is 3.03. The van der Waals surface area contributed by atoms with Crippen LogP contribution in [0.25, 0.3) is 32.3 Å². The van der Waals surface area contributed by atoms with Gasteiger partial charge in [-0.25, -0.2) is 0 Å². The number of carboxylic acids is 3. The zero-order valence-electron chi connectivity index (χ0n) is 52.7. The van der Waals surface area contributed by atoms with Crippen LogP contribution in [0.3, 0.4) is 0 Å². The van der Waals surface area contributed by atoms with E-state index in [4.69, 9.17) is 0 Å². The van der Waals surface area contributed by atoms with E-state index >= 15 is 0 Å². The second-order valence-corrected chi connectivity index (χ2v) is 26.3. The molecule has 5 N–H and O–H groups in total. The van der Waals surface area contributed by atoms with E-state index in [-0.39, 0.29) is 113 Å². The summed E-state index contributed by atoms with van der Waals surface area (Å²) in [6.45, 7) is 1.91. The van der Waals surface area contributed by atoms with E-state index in [0.717, 1.165) is 35.1 Å². The molecule has 0 saturated heterocycles. The van der Waals surface area contributed by atoms with Gasteiger partial charge in [-0.05, 0) is 160 Å². The highest BCUT2D eigenvalue weighted by molar-refractivity contribution is 8.76. The molecule has 7 aliphatic heterocycles. The van der Waals surface area contributed by atoms with Crippen LogP contribution < -0.4 is 30.2 Å². The number of benzene rings is 8. The minimum absolute atomic E-state index is 0.0226. The van der Waals surface area contributed by atoms with Gasteiger partial charge in [0, 0.05) is 112 Å². The first-order chi connectivity index (χ1) is 45.6. The van der Waals surface area contributed by atoms with Crippen LogP contribution in [0.1, 0.15) is 118 Å². The summed E-state index contributed by atoms with van der Waals surface area (Å²) in [5.41, 5.74) is 7.29. The number of carboxylic acid groups (broad SMARTS) is 3. The molecule has 8 aromatic carbocycles. The van der Waals surface area contributed by atoms with E-state index in [0.29, 0.717) is 92.3 Å². The van der Waals surface area contributed by atoms with Gasteiger partial charge in [-0.1, -0.05) is 125 Å². The maximum Gasteiger partial charge on any atom is 0.303 e. The van der Waals surface area contributed by atoms with Crippen molar-refractivity contribution in [2.75, 3.05) is 70.4 Å². The first-order valence-corrected chi connectivity index (χ1v) is 34.7. The Kier molecular flexibility index (Phi) is 25.4. The van der Waals surface area contributed by atoms with Crippen molar-refractivity contribution in [3.8, 4) is 0 Å². The van der Waals surface area contributed by atoms with Crippen molar-refractivity contribution in [1.29, 1.82) is 0 Å². The smallest absolute Gasteiger partial charge is 0.303 e. The number of rotatable bonds is 23. The van der Waals surface area contributed by atoms with Crippen LogP contribution in [-0.4, -0.2) is 119 Å². The molecule has 0 unspecified atom stereocenters. The van der Waals surface area contributed by atoms with Crippen molar-refractivity contribution >= 4 is 130 Å². The third kappa shape index (κ3) is 19.9. The number of aliphatic carboxylic acids is 3. The van der Waals surface area contributed by atoms with Gasteiger partial charge in [0.15, 0.2) is 0 Å². The number of anilines is 4. The molecule has 6 amide bonds. The van der Waals surface area contributed by atoms with Gasteiger partial charge in [0.2, 0.25) is 35.4 Å². The molecule has 0 radical (unpaired) electrons. The third-order valence-corrected chi connectivity index (χ3v) is 19.2. The summed E-state index contributed by atoms with van der Waals surface area (Å²) < 4.78 is 0. The molecule has 0 atom stereocenters. The molecule has 0 aromatic heterocycles. The normalized spacial score (nSPS) is 13.4. The molecule has 7 heterocycles. The second kappa shape index (κ2) is 34.6. The van der Waals surface area contributed by atoms with Crippen LogP contribution in [0, 0.1) is 0 Å². The van der Waals surface area contributed by atoms with Crippen molar-refractivity contribution in [2.45, 2.75) is 109 Å². The van der Waals surface area contributed by atoms with Crippen molar-refractivity contribution in [2.24, 2.45) is 0 Å². The van der Waals surface area contributed by atoms with Crippen molar-refractivity contribution in [3.63, 3.8) is 0 Å². The highest BCUT2D eigenvalue weighted by atomic mass is 33.1. The third-order valence-electron chi connectivity index (χ3n) is 16.8. The summed E-state index contributed by atoms with van der Waals surface area (Å²) in [5.74, 6) is -3.53.